The van der Waals surface area contributed by atoms with Gasteiger partial charge in [-0.2, -0.15) is 4.68 Å². The van der Waals surface area contributed by atoms with Crippen molar-refractivity contribution in [2.45, 2.75) is 43.6 Å². The molecule has 0 saturated heterocycles. The van der Waals surface area contributed by atoms with Crippen molar-refractivity contribution in [2.75, 3.05) is 26.4 Å². The van der Waals surface area contributed by atoms with Crippen molar-refractivity contribution in [3.63, 3.8) is 0 Å². The van der Waals surface area contributed by atoms with Gasteiger partial charge >= 0.3 is 6.03 Å². The molecule has 0 aliphatic carbocycles. The summed E-state index contributed by atoms with van der Waals surface area (Å²) >= 11 is 7.05. The maximum Gasteiger partial charge on any atom is 0.346 e. The summed E-state index contributed by atoms with van der Waals surface area (Å²) in [6.07, 6.45) is 0. The Morgan fingerprint density at radius 3 is 2.48 bits per heavy atom. The van der Waals surface area contributed by atoms with Crippen LogP contribution in [0.4, 0.5) is 4.79 Å². The molecule has 1 unspecified atom stereocenters. The van der Waals surface area contributed by atoms with Gasteiger partial charge < -0.3 is 10.2 Å². The molecular weight excluding hydrogens is 338 g/mol. The third-order valence-corrected chi connectivity index (χ3v) is 3.93. The quantitative estimate of drug-likeness (QED) is 0.492. The normalized spacial score (nSPS) is 12.8. The number of hydrogen-bond donors (Lipinski definition) is 1. The molecule has 0 spiro atoms. The highest BCUT2D eigenvalue weighted by Crippen LogP contribution is 2.23. The molecule has 23 heavy (non-hydrogen) atoms. The van der Waals surface area contributed by atoms with Gasteiger partial charge in [-0.15, -0.1) is 16.7 Å². The monoisotopic (exact) mass is 361 g/mol. The third kappa shape index (κ3) is 5.69. The van der Waals surface area contributed by atoms with Gasteiger partial charge in [0, 0.05) is 31.8 Å². The predicted molar refractivity (Wildman–Crippen MR) is 92.3 cm³/mol. The molecule has 0 saturated carbocycles. The Kier molecular flexibility index (Phi) is 6.88. The lowest BCUT2D eigenvalue weighted by Crippen LogP contribution is -2.31. The van der Waals surface area contributed by atoms with Crippen molar-refractivity contribution in [3.05, 3.63) is 5.82 Å². The van der Waals surface area contributed by atoms with Crippen LogP contribution in [0.3, 0.4) is 0 Å². The van der Waals surface area contributed by atoms with Crippen LogP contribution in [-0.4, -0.2) is 63.4 Å². The Balaban J connectivity index is 2.81. The summed E-state index contributed by atoms with van der Waals surface area (Å²) in [6.45, 7) is 8.02. The molecule has 1 aromatic heterocycles. The summed E-state index contributed by atoms with van der Waals surface area (Å²) < 4.78 is 1.30. The SMILES string of the molecule is CC(Cl)C(=O)NCCSc1nc(C(C)(C)C)nn1C(=O)N(C)C. The number of rotatable bonds is 5. The van der Waals surface area contributed by atoms with Crippen LogP contribution in [0, 0.1) is 0 Å². The molecular formula is C14H24ClN5O2S. The van der Waals surface area contributed by atoms with Crippen LogP contribution in [0.25, 0.3) is 0 Å². The zero-order valence-corrected chi connectivity index (χ0v) is 16.0. The first kappa shape index (κ1) is 19.8. The van der Waals surface area contributed by atoms with E-state index in [9.17, 15) is 9.59 Å². The second-order valence-electron chi connectivity index (χ2n) is 6.31. The Morgan fingerprint density at radius 1 is 1.39 bits per heavy atom. The first-order chi connectivity index (χ1) is 10.5. The van der Waals surface area contributed by atoms with Crippen molar-refractivity contribution in [3.8, 4) is 0 Å². The van der Waals surface area contributed by atoms with Crippen LogP contribution in [0.15, 0.2) is 5.16 Å². The summed E-state index contributed by atoms with van der Waals surface area (Å²) in [5.74, 6) is 0.959. The molecule has 1 rings (SSSR count). The van der Waals surface area contributed by atoms with Crippen LogP contribution in [0.1, 0.15) is 33.5 Å². The van der Waals surface area contributed by atoms with Crippen molar-refractivity contribution in [1.82, 2.24) is 25.0 Å². The van der Waals surface area contributed by atoms with E-state index in [1.807, 2.05) is 20.8 Å². The number of carbonyl (C=O) groups is 2. The minimum atomic E-state index is -0.563. The van der Waals surface area contributed by atoms with Gasteiger partial charge in [0.2, 0.25) is 5.91 Å². The molecule has 1 heterocycles. The van der Waals surface area contributed by atoms with Crippen LogP contribution in [0.5, 0.6) is 0 Å². The highest BCUT2D eigenvalue weighted by Gasteiger charge is 2.25. The van der Waals surface area contributed by atoms with Crippen molar-refractivity contribution in [1.29, 1.82) is 0 Å². The summed E-state index contributed by atoms with van der Waals surface area (Å²) in [6, 6.07) is -0.256. The Labute approximate surface area is 146 Å². The van der Waals surface area contributed by atoms with E-state index in [1.54, 1.807) is 21.0 Å². The van der Waals surface area contributed by atoms with Crippen LogP contribution < -0.4 is 5.32 Å². The highest BCUT2D eigenvalue weighted by molar-refractivity contribution is 7.99. The molecule has 0 radical (unpaired) electrons. The largest absolute Gasteiger partial charge is 0.354 e. The van der Waals surface area contributed by atoms with Crippen molar-refractivity contribution in [2.24, 2.45) is 0 Å². The van der Waals surface area contributed by atoms with Gasteiger partial charge in [-0.1, -0.05) is 32.5 Å². The molecule has 1 atom stereocenters. The molecule has 0 aromatic carbocycles. The zero-order valence-electron chi connectivity index (χ0n) is 14.4. The van der Waals surface area contributed by atoms with E-state index < -0.39 is 5.38 Å². The summed E-state index contributed by atoms with van der Waals surface area (Å²) in [7, 11) is 3.33. The molecule has 0 aliphatic rings. The lowest BCUT2D eigenvalue weighted by Gasteiger charge is -2.13. The Bertz CT molecular complexity index is 566. The Hall–Kier alpha value is -1.28. The van der Waals surface area contributed by atoms with Crippen LogP contribution >= 0.6 is 23.4 Å². The molecule has 1 N–H and O–H groups in total. The number of hydrogen-bond acceptors (Lipinski definition) is 5. The van der Waals surface area contributed by atoms with E-state index in [0.717, 1.165) is 0 Å². The van der Waals surface area contributed by atoms with E-state index in [-0.39, 0.29) is 17.4 Å². The molecule has 0 fully saturated rings. The van der Waals surface area contributed by atoms with Crippen molar-refractivity contribution >= 4 is 35.3 Å². The van der Waals surface area contributed by atoms with Crippen LogP contribution in [-0.2, 0) is 10.2 Å². The third-order valence-electron chi connectivity index (χ3n) is 2.81. The van der Waals surface area contributed by atoms with E-state index in [1.165, 1.54) is 21.3 Å². The molecule has 0 bridgehead atoms. The molecule has 130 valence electrons. The number of alkyl halides is 1. The fraction of sp³-hybridized carbons (Fsp3) is 0.714. The lowest BCUT2D eigenvalue weighted by atomic mass is 9.96. The van der Waals surface area contributed by atoms with E-state index in [2.05, 4.69) is 15.4 Å². The number of aromatic nitrogens is 3. The standard InChI is InChI=1S/C14H24ClN5O2S/c1-9(15)10(21)16-7-8-23-12-17-11(14(2,3)4)18-20(12)13(22)19(5)6/h9H,7-8H2,1-6H3,(H,16,21). The van der Waals surface area contributed by atoms with Gasteiger partial charge in [0.1, 0.15) is 5.38 Å². The molecule has 0 aliphatic heterocycles. The number of nitrogens with zero attached hydrogens (tertiary/aromatic N) is 4. The van der Waals surface area contributed by atoms with Gasteiger partial charge in [-0.3, -0.25) is 4.79 Å². The zero-order chi connectivity index (χ0) is 17.8. The average Bonchev–Trinajstić information content (AvgIpc) is 2.86. The molecule has 2 amide bonds. The average molecular weight is 362 g/mol. The first-order valence-corrected chi connectivity index (χ1v) is 8.70. The van der Waals surface area contributed by atoms with E-state index in [0.29, 0.717) is 23.3 Å². The van der Waals surface area contributed by atoms with Gasteiger partial charge in [-0.25, -0.2) is 9.78 Å². The predicted octanol–water partition coefficient (Wildman–Crippen LogP) is 1.94. The summed E-state index contributed by atoms with van der Waals surface area (Å²) in [5.41, 5.74) is -0.255. The second-order valence-corrected chi connectivity index (χ2v) is 8.03. The minimum Gasteiger partial charge on any atom is -0.354 e. The maximum absolute atomic E-state index is 12.2. The minimum absolute atomic E-state index is 0.214. The smallest absolute Gasteiger partial charge is 0.346 e. The summed E-state index contributed by atoms with van der Waals surface area (Å²) in [5, 5.41) is 7.00. The lowest BCUT2D eigenvalue weighted by molar-refractivity contribution is -0.120. The maximum atomic E-state index is 12.2. The topological polar surface area (TPSA) is 80.1 Å². The fourth-order valence-electron chi connectivity index (χ4n) is 1.48. The van der Waals surface area contributed by atoms with Crippen LogP contribution in [0.2, 0.25) is 0 Å². The van der Waals surface area contributed by atoms with Gasteiger partial charge in [0.15, 0.2) is 11.0 Å². The first-order valence-electron chi connectivity index (χ1n) is 7.27. The molecule has 1 aromatic rings. The van der Waals surface area contributed by atoms with Gasteiger partial charge in [0.05, 0.1) is 0 Å². The van der Waals surface area contributed by atoms with Gasteiger partial charge in [0.25, 0.3) is 0 Å². The number of nitrogens with one attached hydrogen (secondary N) is 1. The number of carbonyl (C=O) groups excluding carboxylic acids is 2. The molecule has 7 nitrogen and oxygen atoms in total. The van der Waals surface area contributed by atoms with E-state index in [4.69, 9.17) is 11.6 Å². The van der Waals surface area contributed by atoms with Crippen molar-refractivity contribution < 1.29 is 9.59 Å². The summed E-state index contributed by atoms with van der Waals surface area (Å²) in [4.78, 5) is 29.5. The Morgan fingerprint density at radius 2 is 2.00 bits per heavy atom. The fourth-order valence-corrected chi connectivity index (χ4v) is 2.34. The highest BCUT2D eigenvalue weighted by atomic mass is 35.5. The number of thioether (sulfide) groups is 1. The second kappa shape index (κ2) is 8.01. The number of amides is 2. The number of halogens is 1. The van der Waals surface area contributed by atoms with E-state index >= 15 is 0 Å². The molecule has 9 heteroatoms. The van der Waals surface area contributed by atoms with Gasteiger partial charge in [-0.05, 0) is 6.92 Å².